The van der Waals surface area contributed by atoms with Gasteiger partial charge in [-0.25, -0.2) is 0 Å². The normalized spacial score (nSPS) is 69.9. The molecule has 0 spiro atoms. The zero-order chi connectivity index (χ0) is 11.6. The number of hydrogen-bond acceptors (Lipinski definition) is 4. The van der Waals surface area contributed by atoms with Crippen LogP contribution < -0.4 is 0 Å². The summed E-state index contributed by atoms with van der Waals surface area (Å²) in [5, 5.41) is 0. The van der Waals surface area contributed by atoms with E-state index >= 15 is 0 Å². The highest BCUT2D eigenvalue weighted by atomic mass is 16.9. The fourth-order valence-corrected chi connectivity index (χ4v) is 5.24. The third-order valence-corrected chi connectivity index (χ3v) is 5.71. The summed E-state index contributed by atoms with van der Waals surface area (Å²) in [7, 11) is 0. The van der Waals surface area contributed by atoms with Gasteiger partial charge in [0.25, 0.3) is 0 Å². The molecule has 5 fully saturated rings. The van der Waals surface area contributed by atoms with E-state index in [0.29, 0.717) is 29.6 Å². The van der Waals surface area contributed by atoms with E-state index in [2.05, 4.69) is 20.8 Å². The van der Waals surface area contributed by atoms with Crippen LogP contribution in [0.25, 0.3) is 0 Å². The lowest BCUT2D eigenvalue weighted by Crippen LogP contribution is -2.46. The molecule has 94 valence electrons. The molecule has 0 amide bonds. The van der Waals surface area contributed by atoms with Crippen LogP contribution >= 0.6 is 0 Å². The zero-order valence-electron chi connectivity index (χ0n) is 10.4. The maximum Gasteiger partial charge on any atom is 0.180 e. The van der Waals surface area contributed by atoms with Crippen molar-refractivity contribution < 1.29 is 18.9 Å². The van der Waals surface area contributed by atoms with Gasteiger partial charge >= 0.3 is 0 Å². The third kappa shape index (κ3) is 0.793. The van der Waals surface area contributed by atoms with Gasteiger partial charge in [-0.3, -0.25) is 0 Å². The van der Waals surface area contributed by atoms with Gasteiger partial charge in [0.05, 0.1) is 0 Å². The molecule has 0 aromatic heterocycles. The second kappa shape index (κ2) is 2.44. The minimum atomic E-state index is -0.482. The monoisotopic (exact) mass is 238 g/mol. The van der Waals surface area contributed by atoms with Gasteiger partial charge in [-0.2, -0.15) is 0 Å². The second-order valence-electron chi connectivity index (χ2n) is 6.72. The summed E-state index contributed by atoms with van der Waals surface area (Å²) in [6.07, 6.45) is 0.998. The molecule has 4 saturated heterocycles. The van der Waals surface area contributed by atoms with E-state index in [1.807, 2.05) is 0 Å². The topological polar surface area (TPSA) is 36.9 Å². The van der Waals surface area contributed by atoms with E-state index in [-0.39, 0.29) is 12.6 Å². The van der Waals surface area contributed by atoms with Gasteiger partial charge < -0.3 is 18.9 Å². The highest BCUT2D eigenvalue weighted by Gasteiger charge is 2.81. The summed E-state index contributed by atoms with van der Waals surface area (Å²) in [5.74, 6) is 1.37. The molecule has 17 heavy (non-hydrogen) atoms. The van der Waals surface area contributed by atoms with Crippen molar-refractivity contribution in [3.8, 4) is 0 Å². The summed E-state index contributed by atoms with van der Waals surface area (Å²) >= 11 is 0. The number of hydrogen-bond donors (Lipinski definition) is 0. The van der Waals surface area contributed by atoms with E-state index in [9.17, 15) is 0 Å². The van der Waals surface area contributed by atoms with Crippen LogP contribution in [0.5, 0.6) is 0 Å². The molecule has 2 bridgehead atoms. The maximum atomic E-state index is 6.32. The number of rotatable bonds is 1. The van der Waals surface area contributed by atoms with Gasteiger partial charge in [0.2, 0.25) is 0 Å². The molecule has 1 aliphatic carbocycles. The zero-order valence-corrected chi connectivity index (χ0v) is 10.4. The Balaban J connectivity index is 1.75. The van der Waals surface area contributed by atoms with Crippen LogP contribution in [-0.4, -0.2) is 24.2 Å². The van der Waals surface area contributed by atoms with Crippen molar-refractivity contribution in [1.29, 1.82) is 0 Å². The fourth-order valence-electron chi connectivity index (χ4n) is 5.24. The maximum absolute atomic E-state index is 6.32. The first-order valence-electron chi connectivity index (χ1n) is 6.76. The largest absolute Gasteiger partial charge is 0.323 e. The molecule has 4 nitrogen and oxygen atoms in total. The van der Waals surface area contributed by atoms with Crippen molar-refractivity contribution in [2.24, 2.45) is 29.6 Å². The summed E-state index contributed by atoms with van der Waals surface area (Å²) in [5.41, 5.74) is 0. The molecule has 5 aliphatic rings. The molecular weight excluding hydrogens is 220 g/mol. The Morgan fingerprint density at radius 3 is 2.53 bits per heavy atom. The van der Waals surface area contributed by atoms with Crippen LogP contribution in [0.4, 0.5) is 0 Å². The average molecular weight is 238 g/mol. The third-order valence-electron chi connectivity index (χ3n) is 5.71. The Morgan fingerprint density at radius 2 is 1.76 bits per heavy atom. The lowest BCUT2D eigenvalue weighted by molar-refractivity contribution is -0.415. The highest BCUT2D eigenvalue weighted by Crippen LogP contribution is 2.73. The molecule has 0 unspecified atom stereocenters. The van der Waals surface area contributed by atoms with Crippen LogP contribution in [0.1, 0.15) is 27.2 Å². The molecule has 4 heteroatoms. The van der Waals surface area contributed by atoms with Gasteiger partial charge in [-0.05, 0) is 13.3 Å². The predicted molar refractivity (Wildman–Crippen MR) is 56.5 cm³/mol. The van der Waals surface area contributed by atoms with Gasteiger partial charge in [-0.15, -0.1) is 0 Å². The Hall–Kier alpha value is -0.160. The van der Waals surface area contributed by atoms with Gasteiger partial charge in [0.1, 0.15) is 0 Å². The molecule has 0 aromatic rings. The van der Waals surface area contributed by atoms with Crippen LogP contribution in [-0.2, 0) is 18.9 Å². The van der Waals surface area contributed by atoms with Crippen LogP contribution in [0, 0.1) is 29.6 Å². The van der Waals surface area contributed by atoms with Crippen molar-refractivity contribution in [2.75, 3.05) is 0 Å². The molecule has 8 atom stereocenters. The Bertz CT molecular complexity index is 410. The Morgan fingerprint density at radius 1 is 1.06 bits per heavy atom. The molecule has 0 N–H and O–H groups in total. The molecule has 0 aromatic carbocycles. The minimum Gasteiger partial charge on any atom is -0.323 e. The standard InChI is InChI=1S/C13H18O4/c1-5(2)13-9-7-4-6-8(9)12(3,17-13)15-10(6)14-11(7)16-13/h5-11H,4H2,1-3H3/t6-,7+,8-,9-,10+,11+,12+,13-/m1/s1. The van der Waals surface area contributed by atoms with E-state index in [0.717, 1.165) is 0 Å². The minimum absolute atomic E-state index is 0.0956. The van der Waals surface area contributed by atoms with E-state index < -0.39 is 11.6 Å². The summed E-state index contributed by atoms with van der Waals surface area (Å²) < 4.78 is 24.5. The summed E-state index contributed by atoms with van der Waals surface area (Å²) in [6.45, 7) is 6.43. The van der Waals surface area contributed by atoms with Crippen LogP contribution in [0.3, 0.4) is 0 Å². The van der Waals surface area contributed by atoms with E-state index in [4.69, 9.17) is 18.9 Å². The molecular formula is C13H18O4. The van der Waals surface area contributed by atoms with E-state index in [1.54, 1.807) is 0 Å². The van der Waals surface area contributed by atoms with Crippen molar-refractivity contribution in [3.63, 3.8) is 0 Å². The Kier molecular flexibility index (Phi) is 1.39. The highest BCUT2D eigenvalue weighted by molar-refractivity contribution is 5.17. The van der Waals surface area contributed by atoms with Crippen molar-refractivity contribution in [2.45, 2.75) is 51.3 Å². The SMILES string of the molecule is CC(C)[C@@]12O[C@@H]3O[C@H]4O[C@@](C)(O1)[C@@H]1[C@H]4C[C@H]3[C@H]12. The van der Waals surface area contributed by atoms with Crippen molar-refractivity contribution >= 4 is 0 Å². The van der Waals surface area contributed by atoms with Crippen LogP contribution in [0.15, 0.2) is 0 Å². The quantitative estimate of drug-likeness (QED) is 0.696. The van der Waals surface area contributed by atoms with Gasteiger partial charge in [-0.1, -0.05) is 13.8 Å². The number of ether oxygens (including phenoxy) is 4. The van der Waals surface area contributed by atoms with Crippen molar-refractivity contribution in [3.05, 3.63) is 0 Å². The molecule has 5 rings (SSSR count). The lowest BCUT2D eigenvalue weighted by atomic mass is 9.79. The van der Waals surface area contributed by atoms with Crippen LogP contribution in [0.2, 0.25) is 0 Å². The fraction of sp³-hybridized carbons (Fsp3) is 1.00. The van der Waals surface area contributed by atoms with E-state index in [1.165, 1.54) is 6.42 Å². The smallest absolute Gasteiger partial charge is 0.180 e. The predicted octanol–water partition coefficient (Wildman–Crippen LogP) is 1.70. The molecule has 1 saturated carbocycles. The van der Waals surface area contributed by atoms with Gasteiger partial charge in [0, 0.05) is 29.6 Å². The lowest BCUT2D eigenvalue weighted by Gasteiger charge is -2.39. The molecule has 4 heterocycles. The molecule has 4 aliphatic heterocycles. The average Bonchev–Trinajstić information content (AvgIpc) is 2.82. The summed E-state index contributed by atoms with van der Waals surface area (Å²) in [6, 6.07) is 0. The molecule has 0 radical (unpaired) electrons. The Labute approximate surface area is 101 Å². The first-order valence-corrected chi connectivity index (χ1v) is 6.76. The van der Waals surface area contributed by atoms with Crippen molar-refractivity contribution in [1.82, 2.24) is 0 Å². The first-order chi connectivity index (χ1) is 8.05. The first kappa shape index (κ1) is 9.73. The second-order valence-corrected chi connectivity index (χ2v) is 6.72. The summed E-state index contributed by atoms with van der Waals surface area (Å²) in [4.78, 5) is 0. The van der Waals surface area contributed by atoms with Gasteiger partial charge in [0.15, 0.2) is 24.2 Å².